The fourth-order valence-corrected chi connectivity index (χ4v) is 5.48. The Morgan fingerprint density at radius 3 is 2.39 bits per heavy atom. The molecule has 3 aliphatic rings. The second-order valence-electron chi connectivity index (χ2n) is 8.57. The maximum absolute atomic E-state index is 13.9. The number of carbonyl (C=O) groups excluding carboxylic acids is 3. The highest BCUT2D eigenvalue weighted by atomic mass is 35.5. The van der Waals surface area contributed by atoms with Gasteiger partial charge in [-0.05, 0) is 42.8 Å². The van der Waals surface area contributed by atoms with E-state index in [-0.39, 0.29) is 31.0 Å². The number of urea groups is 1. The average Bonchev–Trinajstić information content (AvgIpc) is 3.28. The Kier molecular flexibility index (Phi) is 4.90. The van der Waals surface area contributed by atoms with Crippen LogP contribution in [0.15, 0.2) is 42.5 Å². The van der Waals surface area contributed by atoms with Gasteiger partial charge in [0, 0.05) is 22.9 Å². The number of carbonyl (C=O) groups is 3. The molecule has 3 fully saturated rings. The van der Waals surface area contributed by atoms with E-state index in [1.165, 1.54) is 23.1 Å². The van der Waals surface area contributed by atoms with Crippen LogP contribution in [0.5, 0.6) is 0 Å². The Morgan fingerprint density at radius 2 is 1.82 bits per heavy atom. The van der Waals surface area contributed by atoms with Crippen LogP contribution in [0.3, 0.4) is 0 Å². The van der Waals surface area contributed by atoms with Crippen LogP contribution in [0.2, 0.25) is 10.0 Å². The van der Waals surface area contributed by atoms with Crippen molar-refractivity contribution < 1.29 is 19.1 Å². The van der Waals surface area contributed by atoms with Crippen molar-refractivity contribution in [1.29, 1.82) is 5.26 Å². The van der Waals surface area contributed by atoms with Gasteiger partial charge in [0.15, 0.2) is 5.72 Å². The Balaban J connectivity index is 1.58. The van der Waals surface area contributed by atoms with Gasteiger partial charge in [0.1, 0.15) is 11.6 Å². The fraction of sp³-hybridized carbons (Fsp3) is 0.304. The number of hydrogen-bond acceptors (Lipinski definition) is 5. The normalized spacial score (nSPS) is 28.4. The van der Waals surface area contributed by atoms with Crippen molar-refractivity contribution in [3.05, 3.63) is 63.6 Å². The van der Waals surface area contributed by atoms with Gasteiger partial charge in [-0.2, -0.15) is 5.26 Å². The van der Waals surface area contributed by atoms with Gasteiger partial charge in [-0.1, -0.05) is 35.3 Å². The Bertz CT molecular complexity index is 1220. The maximum atomic E-state index is 13.9. The first-order valence-electron chi connectivity index (χ1n) is 10.3. The third-order valence-corrected chi connectivity index (χ3v) is 6.78. The predicted octanol–water partition coefficient (Wildman–Crippen LogP) is 3.25. The first-order valence-corrected chi connectivity index (χ1v) is 11.0. The molecular weight excluding hydrogens is 467 g/mol. The van der Waals surface area contributed by atoms with Crippen LogP contribution in [0, 0.1) is 11.3 Å². The van der Waals surface area contributed by atoms with Gasteiger partial charge in [0.2, 0.25) is 0 Å². The summed E-state index contributed by atoms with van der Waals surface area (Å²) in [6.07, 6.45) is -0.417. The fourth-order valence-electron chi connectivity index (χ4n) is 4.96. The monoisotopic (exact) mass is 484 g/mol. The molecule has 0 aliphatic carbocycles. The second kappa shape index (κ2) is 7.45. The van der Waals surface area contributed by atoms with E-state index in [1.54, 1.807) is 31.2 Å². The molecule has 0 aromatic heterocycles. The number of rotatable bonds is 3. The number of ether oxygens (including phenoxy) is 1. The molecule has 0 radical (unpaired) electrons. The molecule has 0 bridgehead atoms. The molecule has 1 spiro atoms. The molecule has 4 amide bonds. The van der Waals surface area contributed by atoms with Gasteiger partial charge in [-0.25, -0.2) is 9.69 Å². The molecule has 3 heterocycles. The van der Waals surface area contributed by atoms with Crippen molar-refractivity contribution in [3.63, 3.8) is 0 Å². The van der Waals surface area contributed by atoms with E-state index in [0.29, 0.717) is 15.6 Å². The van der Waals surface area contributed by atoms with Gasteiger partial charge in [0.25, 0.3) is 11.8 Å². The number of benzene rings is 2. The van der Waals surface area contributed by atoms with Gasteiger partial charge < -0.3 is 15.0 Å². The van der Waals surface area contributed by atoms with E-state index in [4.69, 9.17) is 33.2 Å². The number of anilines is 1. The number of nitrogens with zero attached hydrogens (tertiary/aromatic N) is 3. The summed E-state index contributed by atoms with van der Waals surface area (Å²) in [4.78, 5) is 42.2. The molecule has 33 heavy (non-hydrogen) atoms. The largest absolute Gasteiger partial charge is 0.341 e. The lowest BCUT2D eigenvalue weighted by Gasteiger charge is -2.28. The Hall–Kier alpha value is -3.12. The standard InChI is InChI=1S/C23H18Cl2N4O4/c1-13-19(30)27-23(33-13)11-22(9-14-2-4-15(10-26)5-3-14)20(31)29(21(32)28(22)12-23)18-7-16(24)6-17(25)8-18/h2-8,13H,9,11-12H2,1H3,(H,27,30)/t13-,22+,23+/m1/s1. The molecule has 10 heteroatoms. The zero-order valence-corrected chi connectivity index (χ0v) is 19.0. The topological polar surface area (TPSA) is 103 Å². The summed E-state index contributed by atoms with van der Waals surface area (Å²) in [6, 6.07) is 12.9. The summed E-state index contributed by atoms with van der Waals surface area (Å²) in [6.45, 7) is 1.65. The minimum absolute atomic E-state index is 0.0225. The van der Waals surface area contributed by atoms with Crippen LogP contribution in [-0.2, 0) is 20.7 Å². The Labute approximate surface area is 199 Å². The van der Waals surface area contributed by atoms with Crippen molar-refractivity contribution in [2.75, 3.05) is 11.4 Å². The Morgan fingerprint density at radius 1 is 1.15 bits per heavy atom. The predicted molar refractivity (Wildman–Crippen MR) is 120 cm³/mol. The highest BCUT2D eigenvalue weighted by molar-refractivity contribution is 6.35. The molecule has 3 aliphatic heterocycles. The quantitative estimate of drug-likeness (QED) is 0.673. The van der Waals surface area contributed by atoms with Gasteiger partial charge in [-0.3, -0.25) is 9.59 Å². The van der Waals surface area contributed by atoms with Crippen molar-refractivity contribution in [3.8, 4) is 6.07 Å². The number of halogens is 2. The summed E-state index contributed by atoms with van der Waals surface area (Å²) in [7, 11) is 0. The summed E-state index contributed by atoms with van der Waals surface area (Å²) >= 11 is 12.3. The number of amides is 4. The van der Waals surface area contributed by atoms with Crippen LogP contribution < -0.4 is 10.2 Å². The van der Waals surface area contributed by atoms with Crippen molar-refractivity contribution in [2.45, 2.75) is 37.1 Å². The van der Waals surface area contributed by atoms with Crippen molar-refractivity contribution in [2.24, 2.45) is 0 Å². The SMILES string of the molecule is C[C@H]1O[C@@]2(CN3C(=O)N(c4cc(Cl)cc(Cl)c4)C(=O)[C@]3(Cc3ccc(C#N)cc3)C2)NC1=O. The van der Waals surface area contributed by atoms with Crippen LogP contribution >= 0.6 is 23.2 Å². The molecule has 0 unspecified atom stereocenters. The molecule has 2 aromatic rings. The van der Waals surface area contributed by atoms with E-state index >= 15 is 0 Å². The number of nitriles is 1. The highest BCUT2D eigenvalue weighted by Crippen LogP contribution is 2.48. The lowest BCUT2D eigenvalue weighted by atomic mass is 9.86. The van der Waals surface area contributed by atoms with Crippen LogP contribution in [-0.4, -0.2) is 46.7 Å². The van der Waals surface area contributed by atoms with Crippen molar-refractivity contribution in [1.82, 2.24) is 10.2 Å². The third-order valence-electron chi connectivity index (χ3n) is 6.34. The molecule has 2 aromatic carbocycles. The molecule has 3 atom stereocenters. The number of nitrogens with one attached hydrogen (secondary N) is 1. The third kappa shape index (κ3) is 3.35. The van der Waals surface area contributed by atoms with Crippen LogP contribution in [0.4, 0.5) is 10.5 Å². The summed E-state index contributed by atoms with van der Waals surface area (Å²) in [5.41, 5.74) is -0.917. The van der Waals surface area contributed by atoms with Gasteiger partial charge in [0.05, 0.1) is 23.9 Å². The van der Waals surface area contributed by atoms with Crippen LogP contribution in [0.25, 0.3) is 0 Å². The molecular formula is C23H18Cl2N4O4. The molecule has 1 N–H and O–H groups in total. The van der Waals surface area contributed by atoms with Crippen molar-refractivity contribution >= 4 is 46.7 Å². The number of fused-ring (bicyclic) bond motifs is 1. The van der Waals surface area contributed by atoms with Crippen LogP contribution in [0.1, 0.15) is 24.5 Å². The number of hydrogen-bond donors (Lipinski definition) is 1. The van der Waals surface area contributed by atoms with E-state index < -0.39 is 29.3 Å². The van der Waals surface area contributed by atoms with E-state index in [2.05, 4.69) is 11.4 Å². The summed E-state index contributed by atoms with van der Waals surface area (Å²) < 4.78 is 5.92. The second-order valence-corrected chi connectivity index (χ2v) is 9.45. The summed E-state index contributed by atoms with van der Waals surface area (Å²) in [5.74, 6) is -0.743. The molecule has 168 valence electrons. The summed E-state index contributed by atoms with van der Waals surface area (Å²) in [5, 5.41) is 12.5. The first-order chi connectivity index (χ1) is 15.7. The van der Waals surface area contributed by atoms with E-state index in [0.717, 1.165) is 10.5 Å². The highest BCUT2D eigenvalue weighted by Gasteiger charge is 2.68. The molecule has 8 nitrogen and oxygen atoms in total. The average molecular weight is 485 g/mol. The minimum Gasteiger partial charge on any atom is -0.341 e. The lowest BCUT2D eigenvalue weighted by Crippen LogP contribution is -2.49. The number of imide groups is 1. The van der Waals surface area contributed by atoms with Gasteiger partial charge >= 0.3 is 6.03 Å². The molecule has 0 saturated carbocycles. The first kappa shape index (κ1) is 21.7. The lowest BCUT2D eigenvalue weighted by molar-refractivity contribution is -0.124. The van der Waals surface area contributed by atoms with E-state index in [9.17, 15) is 14.4 Å². The minimum atomic E-state index is -1.29. The zero-order chi connectivity index (χ0) is 23.5. The zero-order valence-electron chi connectivity index (χ0n) is 17.5. The van der Waals surface area contributed by atoms with E-state index in [1.807, 2.05) is 0 Å². The van der Waals surface area contributed by atoms with Gasteiger partial charge in [-0.15, -0.1) is 0 Å². The smallest absolute Gasteiger partial charge is 0.332 e. The molecule has 3 saturated heterocycles. The maximum Gasteiger partial charge on any atom is 0.332 e. The molecule has 5 rings (SSSR count).